The van der Waals surface area contributed by atoms with Crippen LogP contribution in [0.25, 0.3) is 11.4 Å². The number of carbonyl (C=O) groups excluding carboxylic acids is 2. The number of carbonyl (C=O) groups is 2. The molecule has 33 heavy (non-hydrogen) atoms. The van der Waals surface area contributed by atoms with Crippen LogP contribution in [-0.2, 0) is 9.53 Å². The standard InChI is InChI=1S/C25H26N4O4/c30-23(18-9-5-2-6-10-18)26-21-16-19(25(31)29-11-13-32-14-12-29)15-20(21)24-27-22(28-33-24)17-7-3-1-4-8-17/h1-10,19-21H,11-16H2,(H,26,30)/t19-,20-,21+/m1/s1. The molecule has 2 aliphatic rings. The maximum absolute atomic E-state index is 13.2. The zero-order chi connectivity index (χ0) is 22.6. The second-order valence-corrected chi connectivity index (χ2v) is 8.48. The van der Waals surface area contributed by atoms with E-state index in [0.717, 1.165) is 5.56 Å². The first-order chi connectivity index (χ1) is 16.2. The van der Waals surface area contributed by atoms with Crippen LogP contribution in [0.3, 0.4) is 0 Å². The molecule has 1 saturated heterocycles. The van der Waals surface area contributed by atoms with Crippen LogP contribution in [0.2, 0.25) is 0 Å². The van der Waals surface area contributed by atoms with Gasteiger partial charge in [0.15, 0.2) is 0 Å². The second kappa shape index (κ2) is 9.54. The fourth-order valence-corrected chi connectivity index (χ4v) is 4.65. The van der Waals surface area contributed by atoms with E-state index in [-0.39, 0.29) is 29.7 Å². The molecule has 1 N–H and O–H groups in total. The highest BCUT2D eigenvalue weighted by Crippen LogP contribution is 2.39. The lowest BCUT2D eigenvalue weighted by atomic mass is 10.0. The van der Waals surface area contributed by atoms with Crippen LogP contribution in [0.15, 0.2) is 65.2 Å². The summed E-state index contributed by atoms with van der Waals surface area (Å²) in [5, 5.41) is 7.27. The monoisotopic (exact) mass is 446 g/mol. The van der Waals surface area contributed by atoms with E-state index >= 15 is 0 Å². The van der Waals surface area contributed by atoms with Gasteiger partial charge in [0.1, 0.15) is 0 Å². The van der Waals surface area contributed by atoms with Crippen molar-refractivity contribution in [1.82, 2.24) is 20.4 Å². The zero-order valence-electron chi connectivity index (χ0n) is 18.2. The van der Waals surface area contributed by atoms with Crippen LogP contribution in [0.4, 0.5) is 0 Å². The Labute approximate surface area is 191 Å². The molecule has 2 heterocycles. The molecule has 1 saturated carbocycles. The van der Waals surface area contributed by atoms with Crippen LogP contribution in [-0.4, -0.2) is 59.2 Å². The second-order valence-electron chi connectivity index (χ2n) is 8.48. The first kappa shape index (κ1) is 21.3. The number of hydrogen-bond acceptors (Lipinski definition) is 6. The van der Waals surface area contributed by atoms with Crippen molar-refractivity contribution in [1.29, 1.82) is 0 Å². The largest absolute Gasteiger partial charge is 0.378 e. The predicted molar refractivity (Wildman–Crippen MR) is 120 cm³/mol. The summed E-state index contributed by atoms with van der Waals surface area (Å²) in [5.74, 6) is 0.417. The van der Waals surface area contributed by atoms with Crippen molar-refractivity contribution in [2.24, 2.45) is 5.92 Å². The van der Waals surface area contributed by atoms with Gasteiger partial charge in [0, 0.05) is 36.2 Å². The number of benzene rings is 2. The van der Waals surface area contributed by atoms with Crippen LogP contribution in [0.1, 0.15) is 35.0 Å². The Balaban J connectivity index is 1.38. The van der Waals surface area contributed by atoms with Crippen molar-refractivity contribution in [3.63, 3.8) is 0 Å². The Morgan fingerprint density at radius 2 is 1.64 bits per heavy atom. The molecule has 0 radical (unpaired) electrons. The van der Waals surface area contributed by atoms with Crippen LogP contribution in [0, 0.1) is 5.92 Å². The Morgan fingerprint density at radius 3 is 2.36 bits per heavy atom. The van der Waals surface area contributed by atoms with E-state index in [1.807, 2.05) is 53.4 Å². The van der Waals surface area contributed by atoms with E-state index in [9.17, 15) is 9.59 Å². The third-order valence-corrected chi connectivity index (χ3v) is 6.38. The lowest BCUT2D eigenvalue weighted by molar-refractivity contribution is -0.139. The number of ether oxygens (including phenoxy) is 1. The molecule has 0 spiro atoms. The van der Waals surface area contributed by atoms with Gasteiger partial charge < -0.3 is 19.5 Å². The van der Waals surface area contributed by atoms with Gasteiger partial charge in [0.2, 0.25) is 17.6 Å². The summed E-state index contributed by atoms with van der Waals surface area (Å²) >= 11 is 0. The summed E-state index contributed by atoms with van der Waals surface area (Å²) in [6.07, 6.45) is 1.08. The molecule has 8 heteroatoms. The van der Waals surface area contributed by atoms with Gasteiger partial charge in [-0.2, -0.15) is 4.98 Å². The van der Waals surface area contributed by atoms with Gasteiger partial charge in [-0.1, -0.05) is 53.7 Å². The van der Waals surface area contributed by atoms with Crippen LogP contribution < -0.4 is 5.32 Å². The molecule has 3 aromatic rings. The minimum absolute atomic E-state index is 0.0996. The third-order valence-electron chi connectivity index (χ3n) is 6.38. The van der Waals surface area contributed by atoms with Gasteiger partial charge in [-0.15, -0.1) is 0 Å². The first-order valence-electron chi connectivity index (χ1n) is 11.3. The molecule has 1 aromatic heterocycles. The molecule has 1 aliphatic heterocycles. The number of nitrogens with zero attached hydrogens (tertiary/aromatic N) is 3. The minimum atomic E-state index is -0.281. The Kier molecular flexibility index (Phi) is 6.17. The van der Waals surface area contributed by atoms with Gasteiger partial charge in [0.25, 0.3) is 5.91 Å². The van der Waals surface area contributed by atoms with Crippen molar-refractivity contribution < 1.29 is 18.8 Å². The van der Waals surface area contributed by atoms with E-state index in [1.165, 1.54) is 0 Å². The van der Waals surface area contributed by atoms with Crippen LogP contribution in [0.5, 0.6) is 0 Å². The molecular weight excluding hydrogens is 420 g/mol. The maximum atomic E-state index is 13.2. The number of aromatic nitrogens is 2. The van der Waals surface area contributed by atoms with E-state index in [0.29, 0.717) is 56.4 Å². The Bertz CT molecular complexity index is 1100. The van der Waals surface area contributed by atoms with Gasteiger partial charge in [-0.05, 0) is 25.0 Å². The molecule has 8 nitrogen and oxygen atoms in total. The van der Waals surface area contributed by atoms with Crippen molar-refractivity contribution in [2.45, 2.75) is 24.8 Å². The normalized spacial score (nSPS) is 22.8. The Morgan fingerprint density at radius 1 is 0.939 bits per heavy atom. The van der Waals surface area contributed by atoms with E-state index in [4.69, 9.17) is 9.26 Å². The smallest absolute Gasteiger partial charge is 0.251 e. The highest BCUT2D eigenvalue weighted by molar-refractivity contribution is 5.94. The molecule has 5 rings (SSSR count). The summed E-state index contributed by atoms with van der Waals surface area (Å²) in [6.45, 7) is 2.31. The molecule has 2 fully saturated rings. The topological polar surface area (TPSA) is 97.6 Å². The lowest BCUT2D eigenvalue weighted by Gasteiger charge is -2.29. The lowest BCUT2D eigenvalue weighted by Crippen LogP contribution is -2.43. The van der Waals surface area contributed by atoms with Gasteiger partial charge >= 0.3 is 0 Å². The third kappa shape index (κ3) is 4.66. The summed E-state index contributed by atoms with van der Waals surface area (Å²) in [6, 6.07) is 18.4. The summed E-state index contributed by atoms with van der Waals surface area (Å²) < 4.78 is 11.0. The predicted octanol–water partition coefficient (Wildman–Crippen LogP) is 2.89. The fraction of sp³-hybridized carbons (Fsp3) is 0.360. The number of amides is 2. The summed E-state index contributed by atoms with van der Waals surface area (Å²) in [7, 11) is 0. The molecular formula is C25H26N4O4. The van der Waals surface area contributed by atoms with Crippen molar-refractivity contribution in [3.05, 3.63) is 72.1 Å². The van der Waals surface area contributed by atoms with E-state index in [1.54, 1.807) is 12.1 Å². The molecule has 0 unspecified atom stereocenters. The molecule has 1 aliphatic carbocycles. The van der Waals surface area contributed by atoms with Crippen molar-refractivity contribution >= 4 is 11.8 Å². The van der Waals surface area contributed by atoms with Crippen LogP contribution >= 0.6 is 0 Å². The maximum Gasteiger partial charge on any atom is 0.251 e. The number of morpholine rings is 1. The van der Waals surface area contributed by atoms with Gasteiger partial charge in [-0.25, -0.2) is 0 Å². The number of nitrogens with one attached hydrogen (secondary N) is 1. The van der Waals surface area contributed by atoms with E-state index in [2.05, 4.69) is 15.5 Å². The summed E-state index contributed by atoms with van der Waals surface area (Å²) in [4.78, 5) is 32.6. The van der Waals surface area contributed by atoms with E-state index < -0.39 is 0 Å². The number of rotatable bonds is 5. The molecule has 2 amide bonds. The SMILES string of the molecule is O=C(N[C@H]1C[C@H](C(=O)N2CCOCC2)C[C@H]1c1nc(-c2ccccc2)no1)c1ccccc1. The quantitative estimate of drug-likeness (QED) is 0.647. The molecule has 0 bridgehead atoms. The van der Waals surface area contributed by atoms with Crippen molar-refractivity contribution in [3.8, 4) is 11.4 Å². The highest BCUT2D eigenvalue weighted by Gasteiger charge is 2.43. The summed E-state index contributed by atoms with van der Waals surface area (Å²) in [5.41, 5.74) is 1.44. The number of hydrogen-bond donors (Lipinski definition) is 1. The molecule has 2 aromatic carbocycles. The average molecular weight is 447 g/mol. The zero-order valence-corrected chi connectivity index (χ0v) is 18.2. The van der Waals surface area contributed by atoms with Gasteiger partial charge in [-0.3, -0.25) is 9.59 Å². The van der Waals surface area contributed by atoms with Gasteiger partial charge in [0.05, 0.1) is 19.1 Å². The minimum Gasteiger partial charge on any atom is -0.378 e. The fourth-order valence-electron chi connectivity index (χ4n) is 4.65. The van der Waals surface area contributed by atoms with Crippen molar-refractivity contribution in [2.75, 3.05) is 26.3 Å². The first-order valence-corrected chi connectivity index (χ1v) is 11.3. The average Bonchev–Trinajstić information content (AvgIpc) is 3.53. The molecule has 170 valence electrons. The Hall–Kier alpha value is -3.52. The highest BCUT2D eigenvalue weighted by atomic mass is 16.5. The molecule has 3 atom stereocenters.